The molecular weight excluding hydrogens is 180 g/mol. The molecule has 0 aromatic carbocycles. The summed E-state index contributed by atoms with van der Waals surface area (Å²) in [6.45, 7) is 2.47. The summed E-state index contributed by atoms with van der Waals surface area (Å²) in [4.78, 5) is 11.1. The van der Waals surface area contributed by atoms with Gasteiger partial charge in [0.25, 0.3) is 0 Å². The molecule has 0 spiro atoms. The minimum absolute atomic E-state index is 0.510. The van der Waals surface area contributed by atoms with E-state index in [9.17, 15) is 4.79 Å². The molecule has 4 heteroatoms. The van der Waals surface area contributed by atoms with E-state index in [0.717, 1.165) is 24.8 Å². The van der Waals surface area contributed by atoms with Crippen LogP contribution >= 0.6 is 0 Å². The van der Waals surface area contributed by atoms with Gasteiger partial charge in [0.2, 0.25) is 0 Å². The summed E-state index contributed by atoms with van der Waals surface area (Å²) in [6, 6.07) is 0. The van der Waals surface area contributed by atoms with E-state index in [1.165, 1.54) is 0 Å². The summed E-state index contributed by atoms with van der Waals surface area (Å²) in [5.74, 6) is -0.683. The zero-order valence-electron chi connectivity index (χ0n) is 8.23. The van der Waals surface area contributed by atoms with Gasteiger partial charge in [-0.3, -0.25) is 9.48 Å². The minimum atomic E-state index is -0.683. The summed E-state index contributed by atoms with van der Waals surface area (Å²) in [6.07, 6.45) is 6.23. The van der Waals surface area contributed by atoms with Crippen LogP contribution in [0.1, 0.15) is 24.8 Å². The molecule has 76 valence electrons. The van der Waals surface area contributed by atoms with Crippen molar-refractivity contribution < 1.29 is 9.90 Å². The number of aryl methyl sites for hydroxylation is 1. The Labute approximate surface area is 82.5 Å². The zero-order valence-corrected chi connectivity index (χ0v) is 8.23. The third-order valence-corrected chi connectivity index (χ3v) is 2.99. The third kappa shape index (κ3) is 1.41. The van der Waals surface area contributed by atoms with E-state index in [-0.39, 0.29) is 0 Å². The van der Waals surface area contributed by atoms with Gasteiger partial charge in [-0.2, -0.15) is 5.10 Å². The predicted molar refractivity (Wildman–Crippen MR) is 50.9 cm³/mol. The molecule has 0 saturated heterocycles. The van der Waals surface area contributed by atoms with Crippen molar-refractivity contribution in [1.82, 2.24) is 9.78 Å². The highest BCUT2D eigenvalue weighted by atomic mass is 16.4. The van der Waals surface area contributed by atoms with Crippen molar-refractivity contribution in [2.45, 2.75) is 32.7 Å². The predicted octanol–water partition coefficient (Wildman–Crippen LogP) is 1.45. The Morgan fingerprint density at radius 2 is 2.43 bits per heavy atom. The summed E-state index contributed by atoms with van der Waals surface area (Å²) >= 11 is 0. The minimum Gasteiger partial charge on any atom is -0.481 e. The summed E-state index contributed by atoms with van der Waals surface area (Å²) in [7, 11) is 0. The van der Waals surface area contributed by atoms with E-state index in [0.29, 0.717) is 6.54 Å². The van der Waals surface area contributed by atoms with Crippen LogP contribution in [0.2, 0.25) is 0 Å². The Morgan fingerprint density at radius 1 is 1.71 bits per heavy atom. The van der Waals surface area contributed by atoms with Gasteiger partial charge in [0.15, 0.2) is 0 Å². The van der Waals surface area contributed by atoms with Gasteiger partial charge in [-0.25, -0.2) is 0 Å². The topological polar surface area (TPSA) is 55.1 Å². The SMILES string of the molecule is Cc1cnn(CC2(C(=O)O)CCC2)c1. The van der Waals surface area contributed by atoms with Crippen LogP contribution in [0.5, 0.6) is 0 Å². The molecule has 1 saturated carbocycles. The van der Waals surface area contributed by atoms with Gasteiger partial charge in [0, 0.05) is 6.20 Å². The lowest BCUT2D eigenvalue weighted by Gasteiger charge is -2.37. The highest BCUT2D eigenvalue weighted by molar-refractivity contribution is 5.75. The number of hydrogen-bond acceptors (Lipinski definition) is 2. The second-order valence-electron chi connectivity index (χ2n) is 4.15. The number of carboxylic acids is 1. The largest absolute Gasteiger partial charge is 0.481 e. The smallest absolute Gasteiger partial charge is 0.311 e. The van der Waals surface area contributed by atoms with E-state index >= 15 is 0 Å². The second kappa shape index (κ2) is 3.12. The van der Waals surface area contributed by atoms with Gasteiger partial charge in [0.05, 0.1) is 18.2 Å². The van der Waals surface area contributed by atoms with Crippen LogP contribution < -0.4 is 0 Å². The fourth-order valence-electron chi connectivity index (χ4n) is 1.91. The highest BCUT2D eigenvalue weighted by Crippen LogP contribution is 2.42. The molecule has 4 nitrogen and oxygen atoms in total. The van der Waals surface area contributed by atoms with Crippen molar-refractivity contribution in [2.75, 3.05) is 0 Å². The normalized spacial score (nSPS) is 18.9. The molecule has 1 heterocycles. The van der Waals surface area contributed by atoms with E-state index < -0.39 is 11.4 Å². The van der Waals surface area contributed by atoms with Crippen LogP contribution in [0, 0.1) is 12.3 Å². The van der Waals surface area contributed by atoms with Gasteiger partial charge in [-0.1, -0.05) is 6.42 Å². The standard InChI is InChI=1S/C10H14N2O2/c1-8-5-11-12(6-8)7-10(9(13)14)3-2-4-10/h5-6H,2-4,7H2,1H3,(H,13,14). The van der Waals surface area contributed by atoms with Crippen molar-refractivity contribution in [3.05, 3.63) is 18.0 Å². The van der Waals surface area contributed by atoms with Crippen LogP contribution in [-0.4, -0.2) is 20.9 Å². The molecule has 1 aromatic heterocycles. The Kier molecular flexibility index (Phi) is 2.06. The average Bonchev–Trinajstić information content (AvgIpc) is 2.43. The van der Waals surface area contributed by atoms with Crippen LogP contribution in [-0.2, 0) is 11.3 Å². The molecule has 14 heavy (non-hydrogen) atoms. The maximum atomic E-state index is 11.1. The zero-order chi connectivity index (χ0) is 10.2. The van der Waals surface area contributed by atoms with Crippen molar-refractivity contribution >= 4 is 5.97 Å². The quantitative estimate of drug-likeness (QED) is 0.792. The number of aliphatic carboxylic acids is 1. The monoisotopic (exact) mass is 194 g/mol. The van der Waals surface area contributed by atoms with Crippen LogP contribution in [0.25, 0.3) is 0 Å². The first-order chi connectivity index (χ1) is 6.62. The van der Waals surface area contributed by atoms with E-state index in [4.69, 9.17) is 5.11 Å². The van der Waals surface area contributed by atoms with E-state index in [1.54, 1.807) is 10.9 Å². The van der Waals surface area contributed by atoms with Gasteiger partial charge >= 0.3 is 5.97 Å². The fraction of sp³-hybridized carbons (Fsp3) is 0.600. The maximum absolute atomic E-state index is 11.1. The molecule has 0 amide bonds. The number of nitrogens with zero attached hydrogens (tertiary/aromatic N) is 2. The number of hydrogen-bond donors (Lipinski definition) is 1. The maximum Gasteiger partial charge on any atom is 0.311 e. The van der Waals surface area contributed by atoms with Crippen LogP contribution in [0.15, 0.2) is 12.4 Å². The van der Waals surface area contributed by atoms with Gasteiger partial charge in [-0.15, -0.1) is 0 Å². The average molecular weight is 194 g/mol. The van der Waals surface area contributed by atoms with Gasteiger partial charge in [0.1, 0.15) is 0 Å². The lowest BCUT2D eigenvalue weighted by molar-refractivity contribution is -0.156. The van der Waals surface area contributed by atoms with Gasteiger partial charge in [-0.05, 0) is 25.3 Å². The molecule has 1 aliphatic carbocycles. The summed E-state index contributed by atoms with van der Waals surface area (Å²) in [5.41, 5.74) is 0.531. The van der Waals surface area contributed by atoms with Crippen molar-refractivity contribution in [1.29, 1.82) is 0 Å². The molecule has 0 aliphatic heterocycles. The third-order valence-electron chi connectivity index (χ3n) is 2.99. The summed E-state index contributed by atoms with van der Waals surface area (Å²) in [5, 5.41) is 13.2. The van der Waals surface area contributed by atoms with Crippen LogP contribution in [0.3, 0.4) is 0 Å². The molecule has 0 atom stereocenters. The van der Waals surface area contributed by atoms with Crippen molar-refractivity contribution in [2.24, 2.45) is 5.41 Å². The molecule has 1 aromatic rings. The lowest BCUT2D eigenvalue weighted by Crippen LogP contribution is -2.41. The first-order valence-electron chi connectivity index (χ1n) is 4.85. The highest BCUT2D eigenvalue weighted by Gasteiger charge is 2.44. The number of carbonyl (C=O) groups is 1. The Morgan fingerprint density at radius 3 is 2.79 bits per heavy atom. The lowest BCUT2D eigenvalue weighted by atomic mass is 9.69. The molecule has 1 aliphatic rings. The molecule has 2 rings (SSSR count). The molecule has 1 fully saturated rings. The molecule has 0 radical (unpaired) electrons. The van der Waals surface area contributed by atoms with Crippen LogP contribution in [0.4, 0.5) is 0 Å². The Hall–Kier alpha value is -1.32. The van der Waals surface area contributed by atoms with E-state index in [2.05, 4.69) is 5.10 Å². The van der Waals surface area contributed by atoms with Crippen molar-refractivity contribution in [3.63, 3.8) is 0 Å². The fourth-order valence-corrected chi connectivity index (χ4v) is 1.91. The van der Waals surface area contributed by atoms with E-state index in [1.807, 2.05) is 13.1 Å². The molecule has 1 N–H and O–H groups in total. The molecular formula is C10H14N2O2. The second-order valence-corrected chi connectivity index (χ2v) is 4.15. The first-order valence-corrected chi connectivity index (χ1v) is 4.85. The van der Waals surface area contributed by atoms with Gasteiger partial charge < -0.3 is 5.11 Å². The Bertz CT molecular complexity index is 353. The first kappa shape index (κ1) is 9.24. The number of carboxylic acid groups (broad SMARTS) is 1. The molecule has 0 bridgehead atoms. The van der Waals surface area contributed by atoms with Crippen molar-refractivity contribution in [3.8, 4) is 0 Å². The molecule has 0 unspecified atom stereocenters. The Balaban J connectivity index is 2.12. The number of aromatic nitrogens is 2. The number of rotatable bonds is 3. The summed E-state index contributed by atoms with van der Waals surface area (Å²) < 4.78 is 1.74.